The summed E-state index contributed by atoms with van der Waals surface area (Å²) in [6.07, 6.45) is 3.49. The maximum atomic E-state index is 11.7. The van der Waals surface area contributed by atoms with Crippen LogP contribution in [-0.2, 0) is 19.1 Å². The summed E-state index contributed by atoms with van der Waals surface area (Å²) >= 11 is 0. The molecule has 1 amide bonds. The Labute approximate surface area is 135 Å². The molecule has 2 N–H and O–H groups in total. The van der Waals surface area contributed by atoms with Crippen molar-refractivity contribution in [3.8, 4) is 0 Å². The number of rotatable bonds is 9. The number of carbonyl (C=O) groups excluding carboxylic acids is 2. The zero-order valence-corrected chi connectivity index (χ0v) is 13.0. The highest BCUT2D eigenvalue weighted by Crippen LogP contribution is 2.04. The van der Waals surface area contributed by atoms with Gasteiger partial charge in [-0.05, 0) is 18.9 Å². The van der Waals surface area contributed by atoms with Crippen LogP contribution < -0.4 is 5.32 Å². The molecule has 23 heavy (non-hydrogen) atoms. The number of benzene rings is 1. The van der Waals surface area contributed by atoms with Crippen molar-refractivity contribution in [2.75, 3.05) is 6.61 Å². The summed E-state index contributed by atoms with van der Waals surface area (Å²) in [5.41, 5.74) is 0.949. The van der Waals surface area contributed by atoms with Crippen molar-refractivity contribution in [3.63, 3.8) is 0 Å². The van der Waals surface area contributed by atoms with E-state index in [1.807, 2.05) is 30.3 Å². The lowest BCUT2D eigenvalue weighted by Crippen LogP contribution is -2.40. The van der Waals surface area contributed by atoms with Crippen molar-refractivity contribution in [1.29, 1.82) is 0 Å². The number of hydrogen-bond donors (Lipinski definition) is 2. The van der Waals surface area contributed by atoms with Crippen LogP contribution in [0, 0.1) is 0 Å². The monoisotopic (exact) mass is 319 g/mol. The predicted molar refractivity (Wildman–Crippen MR) is 85.5 cm³/mol. The molecule has 0 fully saturated rings. The van der Waals surface area contributed by atoms with Gasteiger partial charge in [0.1, 0.15) is 6.04 Å². The standard InChI is InChI=1S/C17H21NO5/c1-2-23-16(20)12-11-15(19)18-14(17(21)22)10-6-9-13-7-4-3-5-8-13/h3-9,14H,2,10-12H2,1H3,(H,18,19)(H,21,22)/b9-6+/t14-/m0/s1. The Morgan fingerprint density at radius 1 is 1.22 bits per heavy atom. The highest BCUT2D eigenvalue weighted by molar-refractivity contribution is 5.85. The first-order valence-corrected chi connectivity index (χ1v) is 7.42. The number of carbonyl (C=O) groups is 3. The van der Waals surface area contributed by atoms with Crippen LogP contribution in [0.4, 0.5) is 0 Å². The quantitative estimate of drug-likeness (QED) is 0.679. The molecule has 0 aliphatic rings. The van der Waals surface area contributed by atoms with Crippen molar-refractivity contribution in [2.45, 2.75) is 32.2 Å². The smallest absolute Gasteiger partial charge is 0.326 e. The van der Waals surface area contributed by atoms with E-state index < -0.39 is 23.9 Å². The molecule has 0 spiro atoms. The Morgan fingerprint density at radius 2 is 1.91 bits per heavy atom. The number of nitrogens with one attached hydrogen (secondary N) is 1. The van der Waals surface area contributed by atoms with Crippen LogP contribution in [0.2, 0.25) is 0 Å². The Bertz CT molecular complexity index is 553. The number of carboxylic acid groups (broad SMARTS) is 1. The topological polar surface area (TPSA) is 92.7 Å². The maximum Gasteiger partial charge on any atom is 0.326 e. The minimum absolute atomic E-state index is 0.0636. The fraction of sp³-hybridized carbons (Fsp3) is 0.353. The number of carboxylic acids is 1. The Kier molecular flexibility index (Phi) is 8.13. The zero-order chi connectivity index (χ0) is 17.1. The van der Waals surface area contributed by atoms with Gasteiger partial charge in [-0.2, -0.15) is 0 Å². The summed E-state index contributed by atoms with van der Waals surface area (Å²) < 4.78 is 4.71. The van der Waals surface area contributed by atoms with Crippen molar-refractivity contribution in [2.24, 2.45) is 0 Å². The zero-order valence-electron chi connectivity index (χ0n) is 13.0. The maximum absolute atomic E-state index is 11.7. The SMILES string of the molecule is CCOC(=O)CCC(=O)N[C@@H](C/C=C/c1ccccc1)C(=O)O. The van der Waals surface area contributed by atoms with E-state index in [2.05, 4.69) is 5.32 Å². The molecule has 1 atom stereocenters. The Balaban J connectivity index is 2.45. The molecule has 0 aliphatic heterocycles. The molecule has 1 rings (SSSR count). The van der Waals surface area contributed by atoms with Crippen LogP contribution in [0.15, 0.2) is 36.4 Å². The van der Waals surface area contributed by atoms with Gasteiger partial charge in [-0.25, -0.2) is 4.79 Å². The molecular formula is C17H21NO5. The second kappa shape index (κ2) is 10.2. The van der Waals surface area contributed by atoms with Crippen LogP contribution in [-0.4, -0.2) is 35.6 Å². The van der Waals surface area contributed by atoms with Crippen molar-refractivity contribution in [3.05, 3.63) is 42.0 Å². The van der Waals surface area contributed by atoms with Gasteiger partial charge >= 0.3 is 11.9 Å². The third-order valence-electron chi connectivity index (χ3n) is 2.98. The first-order chi connectivity index (χ1) is 11.0. The number of esters is 1. The molecule has 1 aromatic rings. The Hall–Kier alpha value is -2.63. The van der Waals surface area contributed by atoms with Crippen LogP contribution in [0.25, 0.3) is 6.08 Å². The summed E-state index contributed by atoms with van der Waals surface area (Å²) in [6, 6.07) is 8.41. The minimum atomic E-state index is -1.12. The van der Waals surface area contributed by atoms with E-state index in [0.29, 0.717) is 0 Å². The van der Waals surface area contributed by atoms with Crippen molar-refractivity contribution >= 4 is 23.9 Å². The van der Waals surface area contributed by atoms with Gasteiger partial charge in [0.05, 0.1) is 13.0 Å². The van der Waals surface area contributed by atoms with Crippen LogP contribution >= 0.6 is 0 Å². The van der Waals surface area contributed by atoms with Crippen molar-refractivity contribution in [1.82, 2.24) is 5.32 Å². The number of hydrogen-bond acceptors (Lipinski definition) is 4. The molecule has 6 nitrogen and oxygen atoms in total. The van der Waals surface area contributed by atoms with Gasteiger partial charge in [0.25, 0.3) is 0 Å². The lowest BCUT2D eigenvalue weighted by atomic mass is 10.1. The predicted octanol–water partition coefficient (Wildman–Crippen LogP) is 2.00. The molecule has 124 valence electrons. The van der Waals surface area contributed by atoms with Gasteiger partial charge in [0.2, 0.25) is 5.91 Å². The molecule has 0 saturated carbocycles. The summed E-state index contributed by atoms with van der Waals surface area (Å²) in [5.74, 6) is -2.08. The molecule has 0 saturated heterocycles. The van der Waals surface area contributed by atoms with Crippen LogP contribution in [0.3, 0.4) is 0 Å². The van der Waals surface area contributed by atoms with E-state index in [9.17, 15) is 14.4 Å². The third kappa shape index (κ3) is 7.80. The lowest BCUT2D eigenvalue weighted by Gasteiger charge is -2.12. The largest absolute Gasteiger partial charge is 0.480 e. The fourth-order valence-corrected chi connectivity index (χ4v) is 1.84. The average molecular weight is 319 g/mol. The molecular weight excluding hydrogens is 298 g/mol. The van der Waals surface area contributed by atoms with Gasteiger partial charge in [-0.15, -0.1) is 0 Å². The van der Waals surface area contributed by atoms with Crippen molar-refractivity contribution < 1.29 is 24.2 Å². The van der Waals surface area contributed by atoms with Crippen LogP contribution in [0.1, 0.15) is 31.7 Å². The molecule has 0 aliphatic carbocycles. The fourth-order valence-electron chi connectivity index (χ4n) is 1.84. The third-order valence-corrected chi connectivity index (χ3v) is 2.98. The van der Waals surface area contributed by atoms with Gasteiger partial charge in [0, 0.05) is 6.42 Å². The second-order valence-electron chi connectivity index (χ2n) is 4.81. The van der Waals surface area contributed by atoms with E-state index in [1.165, 1.54) is 0 Å². The Morgan fingerprint density at radius 3 is 2.52 bits per heavy atom. The second-order valence-corrected chi connectivity index (χ2v) is 4.81. The molecule has 0 heterocycles. The summed E-state index contributed by atoms with van der Waals surface area (Å²) in [7, 11) is 0. The number of ether oxygens (including phenoxy) is 1. The van der Waals surface area contributed by atoms with Gasteiger partial charge in [-0.1, -0.05) is 42.5 Å². The van der Waals surface area contributed by atoms with E-state index in [4.69, 9.17) is 9.84 Å². The molecule has 6 heteroatoms. The number of amides is 1. The summed E-state index contributed by atoms with van der Waals surface area (Å²) in [6.45, 7) is 1.93. The molecule has 0 bridgehead atoms. The molecule has 0 radical (unpaired) electrons. The first-order valence-electron chi connectivity index (χ1n) is 7.42. The highest BCUT2D eigenvalue weighted by atomic mass is 16.5. The first kappa shape index (κ1) is 18.4. The van der Waals surface area contributed by atoms with Gasteiger partial charge < -0.3 is 15.2 Å². The summed E-state index contributed by atoms with van der Waals surface area (Å²) in [5, 5.41) is 11.5. The number of aliphatic carboxylic acids is 1. The molecule has 0 unspecified atom stereocenters. The van der Waals surface area contributed by atoms with Gasteiger partial charge in [0.15, 0.2) is 0 Å². The molecule has 0 aromatic heterocycles. The van der Waals surface area contributed by atoms with Gasteiger partial charge in [-0.3, -0.25) is 9.59 Å². The van der Waals surface area contributed by atoms with E-state index >= 15 is 0 Å². The van der Waals surface area contributed by atoms with E-state index in [-0.39, 0.29) is 25.9 Å². The minimum Gasteiger partial charge on any atom is -0.480 e. The van der Waals surface area contributed by atoms with Crippen LogP contribution in [0.5, 0.6) is 0 Å². The normalized spacial score (nSPS) is 11.9. The van der Waals surface area contributed by atoms with E-state index in [0.717, 1.165) is 5.56 Å². The summed E-state index contributed by atoms with van der Waals surface area (Å²) in [4.78, 5) is 34.0. The average Bonchev–Trinajstić information content (AvgIpc) is 2.53. The lowest BCUT2D eigenvalue weighted by molar-refractivity contribution is -0.144. The van der Waals surface area contributed by atoms with E-state index in [1.54, 1.807) is 19.1 Å². The molecule has 1 aromatic carbocycles. The highest BCUT2D eigenvalue weighted by Gasteiger charge is 2.18.